The highest BCUT2D eigenvalue weighted by molar-refractivity contribution is 6.30. The zero-order valence-electron chi connectivity index (χ0n) is 10.9. The number of hydrogen-bond acceptors (Lipinski definition) is 2. The number of methoxy groups -OCH3 is 1. The third-order valence-electron chi connectivity index (χ3n) is 4.02. The Balaban J connectivity index is 2.44. The van der Waals surface area contributed by atoms with Crippen LogP contribution in [0.1, 0.15) is 38.2 Å². The van der Waals surface area contributed by atoms with Gasteiger partial charge in [-0.15, -0.1) is 0 Å². The highest BCUT2D eigenvalue weighted by Gasteiger charge is 2.38. The van der Waals surface area contributed by atoms with E-state index in [2.05, 4.69) is 13.0 Å². The van der Waals surface area contributed by atoms with Crippen molar-refractivity contribution in [2.24, 2.45) is 5.92 Å². The highest BCUT2D eigenvalue weighted by Crippen LogP contribution is 2.45. The van der Waals surface area contributed by atoms with Gasteiger partial charge in [-0.3, -0.25) is 0 Å². The van der Waals surface area contributed by atoms with Crippen LogP contribution in [0.25, 0.3) is 0 Å². The monoisotopic (exact) mass is 263 g/mol. The zero-order chi connectivity index (χ0) is 13.2. The van der Waals surface area contributed by atoms with Crippen molar-refractivity contribution in [3.8, 4) is 11.8 Å². The van der Waals surface area contributed by atoms with Crippen molar-refractivity contribution >= 4 is 11.6 Å². The Hall–Kier alpha value is -1.20. The van der Waals surface area contributed by atoms with E-state index in [9.17, 15) is 5.26 Å². The van der Waals surface area contributed by atoms with Crippen LogP contribution in [0.3, 0.4) is 0 Å². The number of nitrogens with zero attached hydrogens (tertiary/aromatic N) is 1. The standard InChI is InChI=1S/C15H18ClNO/c1-11-5-7-15(10-17,8-6-11)13-9-12(16)3-4-14(13)18-2/h3-4,9,11H,5-8H2,1-2H3. The molecule has 0 spiro atoms. The van der Waals surface area contributed by atoms with Gasteiger partial charge in [0.05, 0.1) is 18.6 Å². The molecule has 1 aliphatic rings. The van der Waals surface area contributed by atoms with E-state index >= 15 is 0 Å². The van der Waals surface area contributed by atoms with E-state index in [4.69, 9.17) is 16.3 Å². The first-order chi connectivity index (χ1) is 8.61. The summed E-state index contributed by atoms with van der Waals surface area (Å²) in [5.41, 5.74) is 0.523. The van der Waals surface area contributed by atoms with Crippen molar-refractivity contribution < 1.29 is 4.74 Å². The van der Waals surface area contributed by atoms with E-state index in [0.717, 1.165) is 37.0 Å². The molecule has 1 saturated carbocycles. The summed E-state index contributed by atoms with van der Waals surface area (Å²) in [5, 5.41) is 10.3. The van der Waals surface area contributed by atoms with E-state index in [-0.39, 0.29) is 0 Å². The van der Waals surface area contributed by atoms with Crippen LogP contribution in [-0.4, -0.2) is 7.11 Å². The van der Waals surface area contributed by atoms with Crippen molar-refractivity contribution in [3.05, 3.63) is 28.8 Å². The van der Waals surface area contributed by atoms with Gasteiger partial charge in [0.2, 0.25) is 0 Å². The van der Waals surface area contributed by atoms with Crippen LogP contribution in [0.2, 0.25) is 5.02 Å². The van der Waals surface area contributed by atoms with Crippen molar-refractivity contribution in [2.45, 2.75) is 38.0 Å². The first kappa shape index (κ1) is 13.2. The first-order valence-corrected chi connectivity index (χ1v) is 6.74. The van der Waals surface area contributed by atoms with Crippen molar-refractivity contribution in [2.75, 3.05) is 7.11 Å². The summed E-state index contributed by atoms with van der Waals surface area (Å²) in [6.07, 6.45) is 3.95. The second-order valence-electron chi connectivity index (χ2n) is 5.22. The summed E-state index contributed by atoms with van der Waals surface area (Å²) in [7, 11) is 1.64. The predicted molar refractivity (Wildman–Crippen MR) is 72.9 cm³/mol. The summed E-state index contributed by atoms with van der Waals surface area (Å²) in [5.74, 6) is 1.48. The van der Waals surface area contributed by atoms with Crippen LogP contribution in [0.4, 0.5) is 0 Å². The van der Waals surface area contributed by atoms with Crippen molar-refractivity contribution in [3.63, 3.8) is 0 Å². The quantitative estimate of drug-likeness (QED) is 0.796. The Morgan fingerprint density at radius 3 is 2.61 bits per heavy atom. The Labute approximate surface area is 114 Å². The van der Waals surface area contributed by atoms with Gasteiger partial charge in [0, 0.05) is 10.6 Å². The molecule has 0 heterocycles. The third kappa shape index (κ3) is 2.33. The Bertz CT molecular complexity index is 470. The number of halogens is 1. The summed E-state index contributed by atoms with van der Waals surface area (Å²) >= 11 is 6.08. The van der Waals surface area contributed by atoms with Crippen LogP contribution in [0.5, 0.6) is 5.75 Å². The molecule has 1 aromatic rings. The molecule has 1 aliphatic carbocycles. The minimum atomic E-state index is -0.428. The lowest BCUT2D eigenvalue weighted by atomic mass is 9.67. The average Bonchev–Trinajstić information content (AvgIpc) is 2.40. The molecule has 0 saturated heterocycles. The van der Waals surface area contributed by atoms with E-state index in [1.165, 1.54) is 0 Å². The molecule has 0 aliphatic heterocycles. The Morgan fingerprint density at radius 1 is 1.39 bits per heavy atom. The van der Waals surface area contributed by atoms with Crippen LogP contribution >= 0.6 is 11.6 Å². The molecule has 0 radical (unpaired) electrons. The second-order valence-corrected chi connectivity index (χ2v) is 5.66. The summed E-state index contributed by atoms with van der Waals surface area (Å²) < 4.78 is 5.40. The smallest absolute Gasteiger partial charge is 0.123 e. The van der Waals surface area contributed by atoms with Gasteiger partial charge in [-0.2, -0.15) is 5.26 Å². The molecule has 2 nitrogen and oxygen atoms in total. The molecule has 1 aromatic carbocycles. The summed E-state index contributed by atoms with van der Waals surface area (Å²) in [6.45, 7) is 2.25. The highest BCUT2D eigenvalue weighted by atomic mass is 35.5. The van der Waals surface area contributed by atoms with Gasteiger partial charge in [-0.1, -0.05) is 18.5 Å². The van der Waals surface area contributed by atoms with Gasteiger partial charge in [0.25, 0.3) is 0 Å². The minimum absolute atomic E-state index is 0.428. The number of nitriles is 1. The summed E-state index contributed by atoms with van der Waals surface area (Å²) in [6, 6.07) is 8.07. The Morgan fingerprint density at radius 2 is 2.06 bits per heavy atom. The number of rotatable bonds is 2. The fourth-order valence-corrected chi connectivity index (χ4v) is 2.92. The predicted octanol–water partition coefficient (Wildman–Crippen LogP) is 4.32. The van der Waals surface area contributed by atoms with Crippen LogP contribution in [-0.2, 0) is 5.41 Å². The molecule has 0 unspecified atom stereocenters. The van der Waals surface area contributed by atoms with Crippen LogP contribution in [0.15, 0.2) is 18.2 Å². The minimum Gasteiger partial charge on any atom is -0.496 e. The molecule has 18 heavy (non-hydrogen) atoms. The lowest BCUT2D eigenvalue weighted by Crippen LogP contribution is -2.30. The van der Waals surface area contributed by atoms with Gasteiger partial charge in [0.1, 0.15) is 5.75 Å². The summed E-state index contributed by atoms with van der Waals surface area (Å²) in [4.78, 5) is 0. The topological polar surface area (TPSA) is 33.0 Å². The van der Waals surface area contributed by atoms with E-state index in [1.54, 1.807) is 13.2 Å². The average molecular weight is 264 g/mol. The molecule has 3 heteroatoms. The van der Waals surface area contributed by atoms with Crippen LogP contribution in [0, 0.1) is 17.2 Å². The van der Waals surface area contributed by atoms with Gasteiger partial charge >= 0.3 is 0 Å². The van der Waals surface area contributed by atoms with E-state index < -0.39 is 5.41 Å². The van der Waals surface area contributed by atoms with Crippen molar-refractivity contribution in [1.29, 1.82) is 5.26 Å². The molecule has 1 fully saturated rings. The van der Waals surface area contributed by atoms with Gasteiger partial charge in [-0.25, -0.2) is 0 Å². The molecular weight excluding hydrogens is 246 g/mol. The van der Waals surface area contributed by atoms with E-state index in [1.807, 2.05) is 12.1 Å². The molecule has 96 valence electrons. The number of ether oxygens (including phenoxy) is 1. The fraction of sp³-hybridized carbons (Fsp3) is 0.533. The second kappa shape index (κ2) is 5.20. The maximum absolute atomic E-state index is 9.64. The molecule has 0 atom stereocenters. The molecule has 0 bridgehead atoms. The normalized spacial score (nSPS) is 27.6. The van der Waals surface area contributed by atoms with Gasteiger partial charge in [0.15, 0.2) is 0 Å². The van der Waals surface area contributed by atoms with Gasteiger partial charge in [-0.05, 0) is 49.8 Å². The van der Waals surface area contributed by atoms with E-state index in [0.29, 0.717) is 10.9 Å². The zero-order valence-corrected chi connectivity index (χ0v) is 11.6. The third-order valence-corrected chi connectivity index (χ3v) is 4.25. The molecule has 2 rings (SSSR count). The number of benzene rings is 1. The SMILES string of the molecule is COc1ccc(Cl)cc1C1(C#N)CCC(C)CC1. The molecule has 0 aromatic heterocycles. The lowest BCUT2D eigenvalue weighted by molar-refractivity contribution is 0.286. The first-order valence-electron chi connectivity index (χ1n) is 6.36. The maximum atomic E-state index is 9.64. The lowest BCUT2D eigenvalue weighted by Gasteiger charge is -2.35. The molecular formula is C15H18ClNO. The maximum Gasteiger partial charge on any atom is 0.123 e. The fourth-order valence-electron chi connectivity index (χ4n) is 2.75. The molecule has 0 N–H and O–H groups in total. The number of hydrogen-bond donors (Lipinski definition) is 0. The van der Waals surface area contributed by atoms with Crippen LogP contribution < -0.4 is 4.74 Å². The van der Waals surface area contributed by atoms with Gasteiger partial charge < -0.3 is 4.74 Å². The Kier molecular flexibility index (Phi) is 3.82. The van der Waals surface area contributed by atoms with Crippen molar-refractivity contribution in [1.82, 2.24) is 0 Å². The largest absolute Gasteiger partial charge is 0.496 e. The molecule has 0 amide bonds.